The zero-order valence-corrected chi connectivity index (χ0v) is 13.8. The number of carbonyl (C=O) groups is 2. The van der Waals surface area contributed by atoms with Gasteiger partial charge in [0.2, 0.25) is 5.69 Å². The number of ether oxygens (including phenoxy) is 2. The van der Waals surface area contributed by atoms with Crippen molar-refractivity contribution in [3.05, 3.63) is 44.1 Å². The number of nitrogens with zero attached hydrogens (tertiary/aromatic N) is 3. The van der Waals surface area contributed by atoms with Gasteiger partial charge in [-0.2, -0.15) is 5.10 Å². The largest absolute Gasteiger partial charge is 0.505 e. The molecule has 0 saturated carbocycles. The first-order valence-electron chi connectivity index (χ1n) is 5.94. The fourth-order valence-electron chi connectivity index (χ4n) is 1.22. The normalized spacial score (nSPS) is 9.50. The number of hydrogen-bond donors (Lipinski definition) is 2. The van der Waals surface area contributed by atoms with E-state index in [1.54, 1.807) is 0 Å². The second-order valence-corrected chi connectivity index (χ2v) is 4.61. The van der Waals surface area contributed by atoms with Crippen molar-refractivity contribution in [1.29, 1.82) is 0 Å². The number of methoxy groups -OCH3 is 2. The first-order valence-corrected chi connectivity index (χ1v) is 6.69. The van der Waals surface area contributed by atoms with Crippen LogP contribution < -0.4 is 5.56 Å². The number of carbonyl (C=O) groups excluding carboxylic acids is 2. The first-order chi connectivity index (χ1) is 11.3. The summed E-state index contributed by atoms with van der Waals surface area (Å²) in [5.74, 6) is -1.93. The van der Waals surface area contributed by atoms with Crippen LogP contribution in [0.5, 0.6) is 5.75 Å². The zero-order chi connectivity index (χ0) is 18.3. The molecule has 0 spiro atoms. The summed E-state index contributed by atoms with van der Waals surface area (Å²) in [5.41, 5.74) is -0.930. The molecular formula is C12H10Cl2N4O6. The maximum absolute atomic E-state index is 10.9. The minimum Gasteiger partial charge on any atom is -0.505 e. The summed E-state index contributed by atoms with van der Waals surface area (Å²) in [6.07, 6.45) is 0. The summed E-state index contributed by atoms with van der Waals surface area (Å²) < 4.78 is 8.66. The van der Waals surface area contributed by atoms with Crippen molar-refractivity contribution >= 4 is 35.1 Å². The molecule has 2 aromatic heterocycles. The van der Waals surface area contributed by atoms with Crippen molar-refractivity contribution in [2.45, 2.75) is 0 Å². The predicted molar refractivity (Wildman–Crippen MR) is 81.3 cm³/mol. The number of H-pyrrole nitrogens is 1. The van der Waals surface area contributed by atoms with Crippen molar-refractivity contribution in [3.63, 3.8) is 0 Å². The lowest BCUT2D eigenvalue weighted by atomic mass is 10.3. The van der Waals surface area contributed by atoms with E-state index in [0.717, 1.165) is 13.2 Å². The Hall–Kier alpha value is -2.72. The molecule has 2 heterocycles. The van der Waals surface area contributed by atoms with Crippen LogP contribution >= 0.6 is 23.2 Å². The molecule has 2 rings (SSSR count). The predicted octanol–water partition coefficient (Wildman–Crippen LogP) is 0.832. The average molecular weight is 377 g/mol. The van der Waals surface area contributed by atoms with Gasteiger partial charge in [-0.15, -0.1) is 10.2 Å². The Morgan fingerprint density at radius 2 is 1.67 bits per heavy atom. The molecule has 12 heteroatoms. The Morgan fingerprint density at radius 3 is 2.17 bits per heavy atom. The summed E-state index contributed by atoms with van der Waals surface area (Å²) in [5, 5.41) is 21.4. The number of esters is 2. The minimum atomic E-state index is -0.802. The molecule has 2 aromatic rings. The molecule has 0 aliphatic heterocycles. The lowest BCUT2D eigenvalue weighted by Crippen LogP contribution is -2.12. The molecule has 0 aromatic carbocycles. The Morgan fingerprint density at radius 1 is 1.08 bits per heavy atom. The average Bonchev–Trinajstić information content (AvgIpc) is 2.54. The number of aromatic amines is 1. The van der Waals surface area contributed by atoms with Crippen LogP contribution in [-0.4, -0.2) is 51.7 Å². The van der Waals surface area contributed by atoms with Crippen molar-refractivity contribution < 1.29 is 24.2 Å². The highest BCUT2D eigenvalue weighted by molar-refractivity contribution is 6.35. The van der Waals surface area contributed by atoms with E-state index in [-0.39, 0.29) is 21.6 Å². The van der Waals surface area contributed by atoms with Gasteiger partial charge < -0.3 is 14.6 Å². The van der Waals surface area contributed by atoms with Gasteiger partial charge in [-0.25, -0.2) is 14.7 Å². The molecule has 0 aliphatic rings. The van der Waals surface area contributed by atoms with Crippen molar-refractivity contribution in [2.75, 3.05) is 14.2 Å². The SMILES string of the molecule is COC(=O)c1n[nH]c(=O)cc1O.COC(=O)c1nnc(Cl)cc1Cl. The zero-order valence-electron chi connectivity index (χ0n) is 12.2. The van der Waals surface area contributed by atoms with E-state index >= 15 is 0 Å². The van der Waals surface area contributed by atoms with Gasteiger partial charge in [-0.3, -0.25) is 4.79 Å². The van der Waals surface area contributed by atoms with Crippen molar-refractivity contribution in [1.82, 2.24) is 20.4 Å². The van der Waals surface area contributed by atoms with Crippen molar-refractivity contribution in [3.8, 4) is 5.75 Å². The minimum absolute atomic E-state index is 0.0384. The third-order valence-electron chi connectivity index (χ3n) is 2.26. The molecule has 0 unspecified atom stereocenters. The molecule has 0 atom stereocenters. The standard InChI is InChI=1S/C6H4Cl2N2O2.C6H6N2O4/c1-12-6(11)5-3(7)2-4(8)9-10-5;1-12-6(11)5-3(9)2-4(10)7-8-5/h2H,1H3;2H,1H3,(H2,7,9,10). The highest BCUT2D eigenvalue weighted by atomic mass is 35.5. The van der Waals surface area contributed by atoms with Gasteiger partial charge in [0.1, 0.15) is 0 Å². The molecule has 0 fully saturated rings. The highest BCUT2D eigenvalue weighted by Gasteiger charge is 2.14. The number of aromatic hydroxyl groups is 1. The molecule has 10 nitrogen and oxygen atoms in total. The molecule has 0 saturated heterocycles. The van der Waals surface area contributed by atoms with Crippen molar-refractivity contribution in [2.24, 2.45) is 0 Å². The summed E-state index contributed by atoms with van der Waals surface area (Å²) in [4.78, 5) is 32.2. The summed E-state index contributed by atoms with van der Waals surface area (Å²) >= 11 is 11.1. The number of nitrogens with one attached hydrogen (secondary N) is 1. The summed E-state index contributed by atoms with van der Waals surface area (Å²) in [7, 11) is 2.38. The Labute approximate surface area is 144 Å². The lowest BCUT2D eigenvalue weighted by Gasteiger charge is -1.98. The van der Waals surface area contributed by atoms with Crippen LogP contribution in [-0.2, 0) is 9.47 Å². The maximum Gasteiger partial charge on any atom is 0.362 e. The van der Waals surface area contributed by atoms with Gasteiger partial charge in [-0.05, 0) is 6.07 Å². The number of halogens is 2. The van der Waals surface area contributed by atoms with Crippen LogP contribution in [0.3, 0.4) is 0 Å². The fraction of sp³-hybridized carbons (Fsp3) is 0.167. The molecule has 24 heavy (non-hydrogen) atoms. The number of aromatic nitrogens is 4. The number of rotatable bonds is 2. The van der Waals surface area contributed by atoms with Crippen LogP contribution in [0.25, 0.3) is 0 Å². The molecule has 2 N–H and O–H groups in total. The van der Waals surface area contributed by atoms with Gasteiger partial charge in [0.25, 0.3) is 5.56 Å². The quantitative estimate of drug-likeness (QED) is 0.727. The monoisotopic (exact) mass is 376 g/mol. The van der Waals surface area contributed by atoms with E-state index in [1.165, 1.54) is 13.2 Å². The lowest BCUT2D eigenvalue weighted by molar-refractivity contribution is 0.0581. The molecular weight excluding hydrogens is 367 g/mol. The van der Waals surface area contributed by atoms with Crippen LogP contribution in [0.2, 0.25) is 10.2 Å². The Kier molecular flexibility index (Phi) is 7.08. The van der Waals surface area contributed by atoms with Gasteiger partial charge in [-0.1, -0.05) is 23.2 Å². The molecule has 0 amide bonds. The number of hydrogen-bond acceptors (Lipinski definition) is 9. The van der Waals surface area contributed by atoms with Gasteiger partial charge in [0.05, 0.1) is 19.2 Å². The molecule has 0 bridgehead atoms. The Bertz CT molecular complexity index is 810. The van der Waals surface area contributed by atoms with Gasteiger partial charge in [0.15, 0.2) is 16.6 Å². The summed E-state index contributed by atoms with van der Waals surface area (Å²) in [6, 6.07) is 2.17. The summed E-state index contributed by atoms with van der Waals surface area (Å²) in [6.45, 7) is 0. The van der Waals surface area contributed by atoms with E-state index < -0.39 is 23.2 Å². The second-order valence-electron chi connectivity index (χ2n) is 3.81. The fourth-order valence-corrected chi connectivity index (χ4v) is 1.64. The van der Waals surface area contributed by atoms with E-state index in [1.807, 2.05) is 5.10 Å². The Balaban J connectivity index is 0.000000240. The molecule has 0 aliphatic carbocycles. The van der Waals surface area contributed by atoms with E-state index in [2.05, 4.69) is 24.8 Å². The van der Waals surface area contributed by atoms with Crippen LogP contribution in [0, 0.1) is 0 Å². The van der Waals surface area contributed by atoms with E-state index in [9.17, 15) is 14.4 Å². The van der Waals surface area contributed by atoms with E-state index in [4.69, 9.17) is 28.3 Å². The maximum atomic E-state index is 10.9. The molecule has 0 radical (unpaired) electrons. The third-order valence-corrected chi connectivity index (χ3v) is 2.74. The van der Waals surface area contributed by atoms with Crippen LogP contribution in [0.15, 0.2) is 16.9 Å². The van der Waals surface area contributed by atoms with E-state index in [0.29, 0.717) is 0 Å². The second kappa shape index (κ2) is 8.79. The van der Waals surface area contributed by atoms with Crippen LogP contribution in [0.4, 0.5) is 0 Å². The smallest absolute Gasteiger partial charge is 0.362 e. The first kappa shape index (κ1) is 19.3. The topological polar surface area (TPSA) is 144 Å². The molecule has 128 valence electrons. The van der Waals surface area contributed by atoms with Crippen LogP contribution in [0.1, 0.15) is 21.0 Å². The highest BCUT2D eigenvalue weighted by Crippen LogP contribution is 2.16. The van der Waals surface area contributed by atoms with Gasteiger partial charge in [0, 0.05) is 6.07 Å². The van der Waals surface area contributed by atoms with Gasteiger partial charge >= 0.3 is 11.9 Å². The third kappa shape index (κ3) is 5.18.